The second kappa shape index (κ2) is 5.66. The molecule has 21 heavy (non-hydrogen) atoms. The standard InChI is InChI=1S/C16H14BrFO3/c1-9-2-3-13(18)11(6-9)16(19)10-7-14-15(8-12(10)17)21-5-4-20-14/h2-3,6-8,16,19H,4-5H2,1H3. The minimum Gasteiger partial charge on any atom is -0.486 e. The third-order valence-corrected chi connectivity index (χ3v) is 4.09. The average molecular weight is 353 g/mol. The smallest absolute Gasteiger partial charge is 0.162 e. The van der Waals surface area contributed by atoms with Crippen molar-refractivity contribution in [3.63, 3.8) is 0 Å². The van der Waals surface area contributed by atoms with Gasteiger partial charge in [0.25, 0.3) is 0 Å². The van der Waals surface area contributed by atoms with Crippen molar-refractivity contribution in [1.29, 1.82) is 0 Å². The second-order valence-corrected chi connectivity index (χ2v) is 5.80. The molecule has 1 heterocycles. The lowest BCUT2D eigenvalue weighted by molar-refractivity contribution is 0.169. The van der Waals surface area contributed by atoms with Gasteiger partial charge in [-0.25, -0.2) is 4.39 Å². The largest absolute Gasteiger partial charge is 0.486 e. The average Bonchev–Trinajstić information content (AvgIpc) is 2.48. The second-order valence-electron chi connectivity index (χ2n) is 4.94. The molecule has 1 unspecified atom stereocenters. The first kappa shape index (κ1) is 14.4. The van der Waals surface area contributed by atoms with Crippen LogP contribution >= 0.6 is 15.9 Å². The van der Waals surface area contributed by atoms with Crippen LogP contribution in [0.1, 0.15) is 22.8 Å². The summed E-state index contributed by atoms with van der Waals surface area (Å²) < 4.78 is 25.6. The van der Waals surface area contributed by atoms with Crippen molar-refractivity contribution >= 4 is 15.9 Å². The Morgan fingerprint density at radius 3 is 2.48 bits per heavy atom. The first-order valence-corrected chi connectivity index (χ1v) is 7.38. The first-order valence-electron chi connectivity index (χ1n) is 6.59. The molecule has 0 fully saturated rings. The van der Waals surface area contributed by atoms with Crippen molar-refractivity contribution < 1.29 is 19.0 Å². The van der Waals surface area contributed by atoms with Crippen LogP contribution in [0.5, 0.6) is 11.5 Å². The van der Waals surface area contributed by atoms with E-state index in [0.717, 1.165) is 5.56 Å². The van der Waals surface area contributed by atoms with Gasteiger partial charge in [0, 0.05) is 15.6 Å². The third kappa shape index (κ3) is 2.76. The number of hydrogen-bond acceptors (Lipinski definition) is 3. The van der Waals surface area contributed by atoms with Crippen LogP contribution in [0, 0.1) is 12.7 Å². The highest BCUT2D eigenvalue weighted by Crippen LogP contribution is 2.39. The van der Waals surface area contributed by atoms with Gasteiger partial charge in [-0.2, -0.15) is 0 Å². The summed E-state index contributed by atoms with van der Waals surface area (Å²) in [4.78, 5) is 0. The number of aliphatic hydroxyl groups excluding tert-OH is 1. The Balaban J connectivity index is 2.05. The number of ether oxygens (including phenoxy) is 2. The van der Waals surface area contributed by atoms with Crippen molar-refractivity contribution in [1.82, 2.24) is 0 Å². The van der Waals surface area contributed by atoms with E-state index in [1.165, 1.54) is 6.07 Å². The van der Waals surface area contributed by atoms with Crippen molar-refractivity contribution in [2.24, 2.45) is 0 Å². The van der Waals surface area contributed by atoms with E-state index in [0.29, 0.717) is 34.7 Å². The van der Waals surface area contributed by atoms with Crippen molar-refractivity contribution in [3.8, 4) is 11.5 Å². The Labute approximate surface area is 130 Å². The highest BCUT2D eigenvalue weighted by Gasteiger charge is 2.22. The molecule has 1 N–H and O–H groups in total. The van der Waals surface area contributed by atoms with Crippen molar-refractivity contribution in [2.75, 3.05) is 13.2 Å². The Morgan fingerprint density at radius 1 is 1.10 bits per heavy atom. The SMILES string of the molecule is Cc1ccc(F)c(C(O)c2cc3c(cc2Br)OCCO3)c1. The van der Waals surface area contributed by atoms with Crippen LogP contribution in [0.2, 0.25) is 0 Å². The summed E-state index contributed by atoms with van der Waals surface area (Å²) in [7, 11) is 0. The predicted octanol–water partition coefficient (Wildman–Crippen LogP) is 3.75. The van der Waals surface area contributed by atoms with E-state index >= 15 is 0 Å². The van der Waals surface area contributed by atoms with Gasteiger partial charge in [-0.05, 0) is 25.1 Å². The highest BCUT2D eigenvalue weighted by molar-refractivity contribution is 9.10. The fourth-order valence-corrected chi connectivity index (χ4v) is 2.87. The maximum Gasteiger partial charge on any atom is 0.162 e. The summed E-state index contributed by atoms with van der Waals surface area (Å²) in [6.45, 7) is 2.81. The lowest BCUT2D eigenvalue weighted by Crippen LogP contribution is -2.16. The number of fused-ring (bicyclic) bond motifs is 1. The summed E-state index contributed by atoms with van der Waals surface area (Å²) in [6.07, 6.45) is -1.07. The van der Waals surface area contributed by atoms with Gasteiger partial charge in [0.1, 0.15) is 25.1 Å². The van der Waals surface area contributed by atoms with Crippen LogP contribution in [-0.4, -0.2) is 18.3 Å². The van der Waals surface area contributed by atoms with Crippen molar-refractivity contribution in [2.45, 2.75) is 13.0 Å². The number of benzene rings is 2. The number of rotatable bonds is 2. The molecule has 0 saturated carbocycles. The molecule has 0 aliphatic carbocycles. The van der Waals surface area contributed by atoms with Crippen LogP contribution < -0.4 is 9.47 Å². The van der Waals surface area contributed by atoms with Crippen molar-refractivity contribution in [3.05, 3.63) is 57.3 Å². The predicted molar refractivity (Wildman–Crippen MR) is 80.3 cm³/mol. The molecule has 0 saturated heterocycles. The normalized spacial score (nSPS) is 14.9. The third-order valence-electron chi connectivity index (χ3n) is 3.40. The van der Waals surface area contributed by atoms with E-state index in [4.69, 9.17) is 9.47 Å². The summed E-state index contributed by atoms with van der Waals surface area (Å²) in [5, 5.41) is 10.5. The first-order chi connectivity index (χ1) is 10.1. The fraction of sp³-hybridized carbons (Fsp3) is 0.250. The summed E-state index contributed by atoms with van der Waals surface area (Å²) >= 11 is 3.40. The molecule has 0 amide bonds. The Hall–Kier alpha value is -1.59. The van der Waals surface area contributed by atoms with Crippen LogP contribution in [0.4, 0.5) is 4.39 Å². The highest BCUT2D eigenvalue weighted by atomic mass is 79.9. The van der Waals surface area contributed by atoms with Gasteiger partial charge >= 0.3 is 0 Å². The molecule has 0 bridgehead atoms. The Morgan fingerprint density at radius 2 is 1.76 bits per heavy atom. The van der Waals surface area contributed by atoms with Crippen LogP contribution in [-0.2, 0) is 0 Å². The molecule has 2 aromatic rings. The molecule has 0 radical (unpaired) electrons. The van der Waals surface area contributed by atoms with Gasteiger partial charge in [-0.3, -0.25) is 0 Å². The Bertz CT molecular complexity index is 687. The van der Waals surface area contributed by atoms with E-state index in [1.807, 2.05) is 6.92 Å². The molecule has 2 aromatic carbocycles. The van der Waals surface area contributed by atoms with Gasteiger partial charge < -0.3 is 14.6 Å². The lowest BCUT2D eigenvalue weighted by Gasteiger charge is -2.22. The van der Waals surface area contributed by atoms with E-state index in [9.17, 15) is 9.50 Å². The number of hydrogen-bond donors (Lipinski definition) is 1. The molecular weight excluding hydrogens is 339 g/mol. The summed E-state index contributed by atoms with van der Waals surface area (Å²) in [5.41, 5.74) is 1.68. The maximum atomic E-state index is 13.9. The van der Waals surface area contributed by atoms with Gasteiger partial charge in [0.05, 0.1) is 0 Å². The van der Waals surface area contributed by atoms with Crippen LogP contribution in [0.25, 0.3) is 0 Å². The minimum absolute atomic E-state index is 0.243. The zero-order chi connectivity index (χ0) is 15.0. The van der Waals surface area contributed by atoms with Crippen LogP contribution in [0.15, 0.2) is 34.8 Å². The quantitative estimate of drug-likeness (QED) is 0.894. The fourth-order valence-electron chi connectivity index (χ4n) is 2.33. The van der Waals surface area contributed by atoms with E-state index in [2.05, 4.69) is 15.9 Å². The minimum atomic E-state index is -1.07. The lowest BCUT2D eigenvalue weighted by atomic mass is 9.99. The zero-order valence-electron chi connectivity index (χ0n) is 11.4. The monoisotopic (exact) mass is 352 g/mol. The van der Waals surface area contributed by atoms with Gasteiger partial charge in [0.2, 0.25) is 0 Å². The molecule has 110 valence electrons. The Kier molecular flexibility index (Phi) is 3.87. The van der Waals surface area contributed by atoms with Crippen LogP contribution in [0.3, 0.4) is 0 Å². The van der Waals surface area contributed by atoms with Gasteiger partial charge in [-0.15, -0.1) is 0 Å². The number of halogens is 2. The molecule has 0 spiro atoms. The molecule has 3 rings (SSSR count). The number of aliphatic hydroxyl groups is 1. The van der Waals surface area contributed by atoms with E-state index < -0.39 is 11.9 Å². The molecule has 5 heteroatoms. The van der Waals surface area contributed by atoms with Gasteiger partial charge in [0.15, 0.2) is 11.5 Å². The van der Waals surface area contributed by atoms with Gasteiger partial charge in [-0.1, -0.05) is 33.6 Å². The van der Waals surface area contributed by atoms with E-state index in [-0.39, 0.29) is 5.56 Å². The number of aryl methyl sites for hydroxylation is 1. The topological polar surface area (TPSA) is 38.7 Å². The molecule has 3 nitrogen and oxygen atoms in total. The molecule has 1 atom stereocenters. The van der Waals surface area contributed by atoms with E-state index in [1.54, 1.807) is 24.3 Å². The summed E-state index contributed by atoms with van der Waals surface area (Å²) in [5.74, 6) is 0.746. The molecular formula is C16H14BrFO3. The molecule has 1 aliphatic heterocycles. The zero-order valence-corrected chi connectivity index (χ0v) is 13.0. The summed E-state index contributed by atoms with van der Waals surface area (Å²) in [6, 6.07) is 8.10. The molecule has 1 aliphatic rings. The molecule has 0 aromatic heterocycles. The maximum absolute atomic E-state index is 13.9.